The molecule has 1 aromatic rings. The van der Waals surface area contributed by atoms with Gasteiger partial charge in [0.2, 0.25) is 0 Å². The quantitative estimate of drug-likeness (QED) is 0.612. The molecular weight excluding hydrogens is 266 g/mol. The van der Waals surface area contributed by atoms with Gasteiger partial charge in [-0.25, -0.2) is 0 Å². The number of pyridine rings is 1. The van der Waals surface area contributed by atoms with E-state index in [1.54, 1.807) is 6.26 Å². The Morgan fingerprint density at radius 2 is 2.22 bits per heavy atom. The number of nitrogens with one attached hydrogen (secondary N) is 1. The molecule has 0 saturated heterocycles. The lowest BCUT2D eigenvalue weighted by Crippen LogP contribution is -2.17. The minimum Gasteiger partial charge on any atom is -0.389 e. The lowest BCUT2D eigenvalue weighted by atomic mass is 10.1. The molecule has 0 amide bonds. The van der Waals surface area contributed by atoms with Gasteiger partial charge in [0.25, 0.3) is 0 Å². The topological polar surface area (TPSA) is 68.0 Å². The maximum Gasteiger partial charge on any atom is 0.107 e. The van der Waals surface area contributed by atoms with Gasteiger partial charge in [-0.1, -0.05) is 12.2 Å². The summed E-state index contributed by atoms with van der Waals surface area (Å²) in [5.41, 5.74) is 9.19. The standard InChI is InChI=1S/C12H19N3OS2/c1-8-7-10(14-5-4-6-18(3)16)11(12(13)17)9(2)15-8/h7H,4-6H2,1-3H3,(H2,13,17)(H,14,15). The zero-order chi connectivity index (χ0) is 13.7. The number of aryl methyl sites for hydroxylation is 2. The Morgan fingerprint density at radius 3 is 2.78 bits per heavy atom. The smallest absolute Gasteiger partial charge is 0.107 e. The van der Waals surface area contributed by atoms with Crippen molar-refractivity contribution in [3.63, 3.8) is 0 Å². The molecule has 0 bridgehead atoms. The second-order valence-electron chi connectivity index (χ2n) is 4.19. The molecule has 0 aliphatic heterocycles. The molecule has 6 heteroatoms. The molecule has 18 heavy (non-hydrogen) atoms. The van der Waals surface area contributed by atoms with Crippen LogP contribution in [0.15, 0.2) is 6.07 Å². The van der Waals surface area contributed by atoms with Crippen molar-refractivity contribution in [3.8, 4) is 0 Å². The van der Waals surface area contributed by atoms with Crippen LogP contribution in [0.2, 0.25) is 0 Å². The van der Waals surface area contributed by atoms with Crippen molar-refractivity contribution in [3.05, 3.63) is 23.0 Å². The van der Waals surface area contributed by atoms with Gasteiger partial charge in [-0.3, -0.25) is 9.19 Å². The first-order chi connectivity index (χ1) is 8.41. The number of nitrogens with zero attached hydrogens (tertiary/aromatic N) is 1. The Labute approximate surface area is 116 Å². The van der Waals surface area contributed by atoms with Crippen molar-refractivity contribution in [1.29, 1.82) is 0 Å². The van der Waals surface area contributed by atoms with E-state index in [1.165, 1.54) is 0 Å². The Kier molecular flexibility index (Phi) is 5.68. The predicted molar refractivity (Wildman–Crippen MR) is 81.6 cm³/mol. The molecule has 100 valence electrons. The summed E-state index contributed by atoms with van der Waals surface area (Å²) in [4.78, 5) is 4.70. The highest BCUT2D eigenvalue weighted by molar-refractivity contribution is 7.84. The van der Waals surface area contributed by atoms with Crippen LogP contribution in [-0.2, 0) is 10.8 Å². The number of aromatic nitrogens is 1. The van der Waals surface area contributed by atoms with Crippen LogP contribution in [0, 0.1) is 13.8 Å². The van der Waals surface area contributed by atoms with Gasteiger partial charge in [0.05, 0.1) is 5.56 Å². The molecule has 1 unspecified atom stereocenters. The number of hydrogen-bond acceptors (Lipinski definition) is 4. The van der Waals surface area contributed by atoms with Gasteiger partial charge in [-0.15, -0.1) is 0 Å². The monoisotopic (exact) mass is 285 g/mol. The van der Waals surface area contributed by atoms with E-state index in [1.807, 2.05) is 19.9 Å². The fraction of sp³-hybridized carbons (Fsp3) is 0.500. The zero-order valence-electron chi connectivity index (χ0n) is 10.9. The van der Waals surface area contributed by atoms with Crippen molar-refractivity contribution < 1.29 is 4.21 Å². The van der Waals surface area contributed by atoms with E-state index in [-0.39, 0.29) is 0 Å². The lowest BCUT2D eigenvalue weighted by Gasteiger charge is -2.14. The van der Waals surface area contributed by atoms with Crippen molar-refractivity contribution in [2.75, 3.05) is 23.9 Å². The van der Waals surface area contributed by atoms with Gasteiger partial charge in [-0.2, -0.15) is 0 Å². The van der Waals surface area contributed by atoms with Crippen LogP contribution < -0.4 is 11.1 Å². The average Bonchev–Trinajstić information content (AvgIpc) is 2.22. The summed E-state index contributed by atoms with van der Waals surface area (Å²) >= 11 is 5.05. The number of rotatable bonds is 6. The maximum absolute atomic E-state index is 11.0. The summed E-state index contributed by atoms with van der Waals surface area (Å²) in [6.45, 7) is 4.58. The van der Waals surface area contributed by atoms with Crippen molar-refractivity contribution in [2.24, 2.45) is 5.73 Å². The first kappa shape index (κ1) is 15.0. The maximum atomic E-state index is 11.0. The van der Waals surface area contributed by atoms with Gasteiger partial charge >= 0.3 is 0 Å². The van der Waals surface area contributed by atoms with Gasteiger partial charge in [0.1, 0.15) is 4.99 Å². The molecule has 1 rings (SSSR count). The van der Waals surface area contributed by atoms with Crippen molar-refractivity contribution in [1.82, 2.24) is 4.98 Å². The van der Waals surface area contributed by atoms with E-state index >= 15 is 0 Å². The Bertz CT molecular complexity index is 475. The Morgan fingerprint density at radius 1 is 1.56 bits per heavy atom. The predicted octanol–water partition coefficient (Wildman–Crippen LogP) is 1.51. The lowest BCUT2D eigenvalue weighted by molar-refractivity contribution is 0.685. The fourth-order valence-corrected chi connectivity index (χ4v) is 2.59. The van der Waals surface area contributed by atoms with Crippen LogP contribution in [0.4, 0.5) is 5.69 Å². The summed E-state index contributed by atoms with van der Waals surface area (Å²) in [7, 11) is -0.749. The normalized spacial score (nSPS) is 12.2. The second-order valence-corrected chi connectivity index (χ2v) is 6.19. The Balaban J connectivity index is 2.80. The van der Waals surface area contributed by atoms with E-state index in [2.05, 4.69) is 10.3 Å². The summed E-state index contributed by atoms with van der Waals surface area (Å²) in [6.07, 6.45) is 2.56. The SMILES string of the molecule is Cc1cc(NCCCS(C)=O)c(C(N)=S)c(C)n1. The minimum absolute atomic E-state index is 0.349. The van der Waals surface area contributed by atoms with Crippen LogP contribution in [0.5, 0.6) is 0 Å². The third kappa shape index (κ3) is 4.34. The number of anilines is 1. The van der Waals surface area contributed by atoms with Crippen LogP contribution in [0.25, 0.3) is 0 Å². The van der Waals surface area contributed by atoms with Gasteiger partial charge < -0.3 is 11.1 Å². The van der Waals surface area contributed by atoms with E-state index in [0.29, 0.717) is 10.7 Å². The zero-order valence-corrected chi connectivity index (χ0v) is 12.6. The van der Waals surface area contributed by atoms with E-state index in [4.69, 9.17) is 18.0 Å². The van der Waals surface area contributed by atoms with Gasteiger partial charge in [-0.05, 0) is 26.3 Å². The summed E-state index contributed by atoms with van der Waals surface area (Å²) in [5.74, 6) is 0.693. The van der Waals surface area contributed by atoms with E-state index < -0.39 is 10.8 Å². The highest BCUT2D eigenvalue weighted by Crippen LogP contribution is 2.19. The summed E-state index contributed by atoms with van der Waals surface area (Å²) < 4.78 is 11.0. The third-order valence-electron chi connectivity index (χ3n) is 2.50. The number of hydrogen-bond donors (Lipinski definition) is 2. The van der Waals surface area contributed by atoms with Gasteiger partial charge in [0.15, 0.2) is 0 Å². The molecule has 0 fully saturated rings. The molecule has 0 spiro atoms. The molecular formula is C12H19N3OS2. The number of nitrogens with two attached hydrogens (primary N) is 1. The molecule has 0 aromatic carbocycles. The molecule has 0 aliphatic rings. The summed E-state index contributed by atoms with van der Waals surface area (Å²) in [6, 6.07) is 1.93. The molecule has 0 saturated carbocycles. The largest absolute Gasteiger partial charge is 0.389 e. The first-order valence-corrected chi connectivity index (χ1v) is 7.87. The molecule has 1 heterocycles. The van der Waals surface area contributed by atoms with Crippen LogP contribution in [0.3, 0.4) is 0 Å². The van der Waals surface area contributed by atoms with Crippen LogP contribution in [-0.4, -0.2) is 32.7 Å². The molecule has 0 radical (unpaired) electrons. The molecule has 0 aliphatic carbocycles. The Hall–Kier alpha value is -1.01. The van der Waals surface area contributed by atoms with Crippen LogP contribution in [0.1, 0.15) is 23.4 Å². The second kappa shape index (κ2) is 6.80. The molecule has 3 N–H and O–H groups in total. The third-order valence-corrected chi connectivity index (χ3v) is 3.57. The van der Waals surface area contributed by atoms with Gasteiger partial charge in [0, 0.05) is 46.4 Å². The van der Waals surface area contributed by atoms with E-state index in [9.17, 15) is 4.21 Å². The molecule has 4 nitrogen and oxygen atoms in total. The molecule has 1 atom stereocenters. The summed E-state index contributed by atoms with van der Waals surface area (Å²) in [5, 5.41) is 3.29. The highest BCUT2D eigenvalue weighted by atomic mass is 32.2. The molecule has 1 aromatic heterocycles. The highest BCUT2D eigenvalue weighted by Gasteiger charge is 2.10. The van der Waals surface area contributed by atoms with Crippen LogP contribution >= 0.6 is 12.2 Å². The minimum atomic E-state index is -0.749. The number of thiocarbonyl (C=S) groups is 1. The van der Waals surface area contributed by atoms with Crippen molar-refractivity contribution >= 4 is 33.7 Å². The average molecular weight is 285 g/mol. The van der Waals surface area contributed by atoms with Crippen molar-refractivity contribution in [2.45, 2.75) is 20.3 Å². The first-order valence-electron chi connectivity index (χ1n) is 5.73. The fourth-order valence-electron chi connectivity index (χ4n) is 1.78. The van der Waals surface area contributed by atoms with E-state index in [0.717, 1.165) is 35.6 Å².